The van der Waals surface area contributed by atoms with Crippen LogP contribution in [0.1, 0.15) is 6.42 Å². The lowest BCUT2D eigenvalue weighted by Crippen LogP contribution is -2.13. The molecule has 0 bridgehead atoms. The molecule has 0 aromatic heterocycles. The monoisotopic (exact) mass is 194 g/mol. The first-order chi connectivity index (χ1) is 6.69. The molecule has 6 heteroatoms. The first-order valence-electron chi connectivity index (χ1n) is 3.82. The fourth-order valence-electron chi connectivity index (χ4n) is 1.12. The van der Waals surface area contributed by atoms with E-state index in [0.717, 1.165) is 0 Å². The van der Waals surface area contributed by atoms with Gasteiger partial charge in [-0.25, -0.2) is 0 Å². The van der Waals surface area contributed by atoms with E-state index in [2.05, 4.69) is 10.4 Å². The predicted molar refractivity (Wildman–Crippen MR) is 46.9 cm³/mol. The van der Waals surface area contributed by atoms with Crippen molar-refractivity contribution < 1.29 is 9.59 Å². The Morgan fingerprint density at radius 2 is 2.00 bits per heavy atom. The van der Waals surface area contributed by atoms with E-state index in [1.165, 1.54) is 18.2 Å². The van der Waals surface area contributed by atoms with Gasteiger partial charge in [0.25, 0.3) is 5.91 Å². The Morgan fingerprint density at radius 3 is 2.57 bits per heavy atom. The summed E-state index contributed by atoms with van der Waals surface area (Å²) in [4.78, 5) is 41.5. The van der Waals surface area contributed by atoms with Gasteiger partial charge in [-0.15, -0.1) is 9.81 Å². The van der Waals surface area contributed by atoms with Crippen molar-refractivity contribution in [3.8, 4) is 0 Å². The second-order valence-electron chi connectivity index (χ2n) is 2.69. The SMILES string of the molecule is O=NC(=O)C1=CC(C(=O)N=O)CC=C1. The lowest BCUT2D eigenvalue weighted by Gasteiger charge is -2.08. The van der Waals surface area contributed by atoms with Crippen LogP contribution in [0.15, 0.2) is 34.2 Å². The second kappa shape index (κ2) is 4.31. The van der Waals surface area contributed by atoms with Crippen LogP contribution in [0.5, 0.6) is 0 Å². The molecule has 1 unspecified atom stereocenters. The lowest BCUT2D eigenvalue weighted by molar-refractivity contribution is -0.120. The van der Waals surface area contributed by atoms with Crippen molar-refractivity contribution in [3.05, 3.63) is 33.6 Å². The fraction of sp³-hybridized carbons (Fsp3) is 0.250. The molecule has 1 aliphatic rings. The van der Waals surface area contributed by atoms with Gasteiger partial charge in [0.1, 0.15) is 0 Å². The highest BCUT2D eigenvalue weighted by molar-refractivity contribution is 5.98. The first kappa shape index (κ1) is 10.1. The number of hydrogen-bond acceptors (Lipinski definition) is 4. The van der Waals surface area contributed by atoms with Crippen LogP contribution in [0, 0.1) is 15.7 Å². The number of nitroso groups, excluding NO2 is 2. The molecule has 0 aromatic rings. The smallest absolute Gasteiger partial charge is 0.268 e. The summed E-state index contributed by atoms with van der Waals surface area (Å²) < 4.78 is 0. The van der Waals surface area contributed by atoms with Crippen molar-refractivity contribution in [2.75, 3.05) is 0 Å². The van der Waals surface area contributed by atoms with Crippen molar-refractivity contribution >= 4 is 11.8 Å². The van der Waals surface area contributed by atoms with Crippen LogP contribution in [0.2, 0.25) is 0 Å². The molecule has 0 spiro atoms. The van der Waals surface area contributed by atoms with Gasteiger partial charge in [0, 0.05) is 15.9 Å². The zero-order valence-corrected chi connectivity index (χ0v) is 7.04. The number of nitrogens with zero attached hydrogens (tertiary/aromatic N) is 2. The largest absolute Gasteiger partial charge is 0.316 e. The summed E-state index contributed by atoms with van der Waals surface area (Å²) in [6.07, 6.45) is 4.44. The van der Waals surface area contributed by atoms with Gasteiger partial charge in [-0.3, -0.25) is 9.59 Å². The number of rotatable bonds is 2. The molecule has 0 saturated carbocycles. The second-order valence-corrected chi connectivity index (χ2v) is 2.69. The van der Waals surface area contributed by atoms with E-state index in [-0.39, 0.29) is 5.57 Å². The van der Waals surface area contributed by atoms with Crippen molar-refractivity contribution in [2.24, 2.45) is 16.3 Å². The molecule has 6 nitrogen and oxygen atoms in total. The zero-order chi connectivity index (χ0) is 10.6. The molecule has 0 aliphatic heterocycles. The number of allylic oxidation sites excluding steroid dienone is 1. The van der Waals surface area contributed by atoms with E-state index in [1.54, 1.807) is 0 Å². The van der Waals surface area contributed by atoms with Crippen molar-refractivity contribution in [2.45, 2.75) is 6.42 Å². The third-order valence-electron chi connectivity index (χ3n) is 1.81. The highest BCUT2D eigenvalue weighted by atomic mass is 16.3. The highest BCUT2D eigenvalue weighted by Gasteiger charge is 2.21. The molecule has 2 amide bonds. The van der Waals surface area contributed by atoms with Crippen LogP contribution in [0.25, 0.3) is 0 Å². The number of carbonyl (C=O) groups excluding carboxylic acids is 2. The minimum Gasteiger partial charge on any atom is -0.268 e. The Balaban J connectivity index is 2.87. The maximum Gasteiger partial charge on any atom is 0.316 e. The average molecular weight is 194 g/mol. The van der Waals surface area contributed by atoms with E-state index in [9.17, 15) is 19.4 Å². The van der Waals surface area contributed by atoms with E-state index >= 15 is 0 Å². The lowest BCUT2D eigenvalue weighted by atomic mass is 9.95. The molecule has 0 fully saturated rings. The van der Waals surface area contributed by atoms with Gasteiger partial charge in [-0.05, 0) is 6.42 Å². The molecular formula is C8H6N2O4. The summed E-state index contributed by atoms with van der Waals surface area (Å²) in [5, 5.41) is 4.45. The topological polar surface area (TPSA) is 93.0 Å². The van der Waals surface area contributed by atoms with Crippen LogP contribution in [-0.4, -0.2) is 11.8 Å². The van der Waals surface area contributed by atoms with E-state index in [4.69, 9.17) is 0 Å². The summed E-state index contributed by atoms with van der Waals surface area (Å²) >= 11 is 0. The number of amides is 2. The standard InChI is InChI=1S/C8H6N2O4/c11-7(9-13)5-2-1-3-6(4-5)8(12)10-14/h1-2,4,6H,3H2. The molecule has 0 radical (unpaired) electrons. The quantitative estimate of drug-likeness (QED) is 0.614. The van der Waals surface area contributed by atoms with Gasteiger partial charge in [0.15, 0.2) is 0 Å². The van der Waals surface area contributed by atoms with Crippen molar-refractivity contribution in [3.63, 3.8) is 0 Å². The Bertz CT molecular complexity index is 356. The van der Waals surface area contributed by atoms with E-state index in [1.807, 2.05) is 0 Å². The van der Waals surface area contributed by atoms with Gasteiger partial charge < -0.3 is 0 Å². The maximum atomic E-state index is 10.8. The van der Waals surface area contributed by atoms with Crippen molar-refractivity contribution in [1.29, 1.82) is 0 Å². The molecule has 1 rings (SSSR count). The summed E-state index contributed by atoms with van der Waals surface area (Å²) in [6.45, 7) is 0. The predicted octanol–water partition coefficient (Wildman–Crippen LogP) is 1.07. The summed E-state index contributed by atoms with van der Waals surface area (Å²) in [6, 6.07) is 0. The molecule has 1 aliphatic carbocycles. The van der Waals surface area contributed by atoms with Crippen LogP contribution < -0.4 is 0 Å². The average Bonchev–Trinajstić information content (AvgIpc) is 2.27. The number of hydrogen-bond donors (Lipinski definition) is 0. The Morgan fingerprint density at radius 1 is 1.29 bits per heavy atom. The van der Waals surface area contributed by atoms with Crippen LogP contribution in [0.4, 0.5) is 0 Å². The zero-order valence-electron chi connectivity index (χ0n) is 7.04. The summed E-state index contributed by atoms with van der Waals surface area (Å²) in [7, 11) is 0. The Kier molecular flexibility index (Phi) is 3.11. The number of carbonyl (C=O) groups is 2. The minimum atomic E-state index is -0.954. The minimum absolute atomic E-state index is 0.0215. The fourth-order valence-corrected chi connectivity index (χ4v) is 1.12. The van der Waals surface area contributed by atoms with Crippen LogP contribution in [0.3, 0.4) is 0 Å². The molecule has 0 heterocycles. The Hall–Kier alpha value is -1.98. The normalized spacial score (nSPS) is 19.7. The van der Waals surface area contributed by atoms with Gasteiger partial charge in [0.05, 0.1) is 5.92 Å². The molecular weight excluding hydrogens is 188 g/mol. The summed E-state index contributed by atoms with van der Waals surface area (Å²) in [5.74, 6) is -2.56. The highest BCUT2D eigenvalue weighted by Crippen LogP contribution is 2.18. The van der Waals surface area contributed by atoms with Gasteiger partial charge in [0.2, 0.25) is 0 Å². The van der Waals surface area contributed by atoms with Gasteiger partial charge >= 0.3 is 5.91 Å². The molecule has 0 saturated heterocycles. The van der Waals surface area contributed by atoms with E-state index < -0.39 is 17.7 Å². The van der Waals surface area contributed by atoms with Crippen LogP contribution >= 0.6 is 0 Å². The third-order valence-corrected chi connectivity index (χ3v) is 1.81. The van der Waals surface area contributed by atoms with Crippen LogP contribution in [-0.2, 0) is 9.59 Å². The molecule has 72 valence electrons. The third kappa shape index (κ3) is 2.03. The molecule has 0 aromatic carbocycles. The Labute approximate surface area is 78.6 Å². The van der Waals surface area contributed by atoms with E-state index in [0.29, 0.717) is 6.42 Å². The molecule has 1 atom stereocenters. The van der Waals surface area contributed by atoms with Gasteiger partial charge in [-0.1, -0.05) is 18.2 Å². The maximum absolute atomic E-state index is 10.8. The van der Waals surface area contributed by atoms with Crippen molar-refractivity contribution in [1.82, 2.24) is 0 Å². The molecule has 14 heavy (non-hydrogen) atoms. The summed E-state index contributed by atoms with van der Waals surface area (Å²) in [5.41, 5.74) is 0.0215. The molecule has 0 N–H and O–H groups in total. The van der Waals surface area contributed by atoms with Gasteiger partial charge in [-0.2, -0.15) is 0 Å². The first-order valence-corrected chi connectivity index (χ1v) is 3.82.